The van der Waals surface area contributed by atoms with E-state index >= 15 is 0 Å². The van der Waals surface area contributed by atoms with Crippen LogP contribution >= 0.6 is 11.3 Å². The molecule has 2 aromatic carbocycles. The van der Waals surface area contributed by atoms with Gasteiger partial charge in [-0.3, -0.25) is 9.69 Å². The molecule has 1 unspecified atom stereocenters. The van der Waals surface area contributed by atoms with Gasteiger partial charge in [0.25, 0.3) is 0 Å². The standard InChI is InChI=1S/C23H23N5OS/c1-15-21(16(2)28(26-15)17-8-4-3-5-9-17)22-23(29)24-12-13-27(22)14-20-25-18-10-6-7-11-19(18)30-20/h3-11,22H,12-14H2,1-2H3,(H,24,29). The Morgan fingerprint density at radius 2 is 1.87 bits per heavy atom. The molecule has 1 atom stereocenters. The fourth-order valence-corrected chi connectivity index (χ4v) is 5.22. The molecule has 1 aliphatic heterocycles. The second-order valence-electron chi connectivity index (χ2n) is 7.57. The molecule has 3 heterocycles. The smallest absolute Gasteiger partial charge is 0.242 e. The van der Waals surface area contributed by atoms with Gasteiger partial charge in [0.15, 0.2) is 0 Å². The molecule has 4 aromatic rings. The van der Waals surface area contributed by atoms with Gasteiger partial charge in [-0.2, -0.15) is 5.10 Å². The molecule has 0 bridgehead atoms. The Morgan fingerprint density at radius 1 is 1.10 bits per heavy atom. The van der Waals surface area contributed by atoms with Crippen LogP contribution in [-0.4, -0.2) is 38.7 Å². The Balaban J connectivity index is 1.52. The third-order valence-electron chi connectivity index (χ3n) is 5.61. The number of fused-ring (bicyclic) bond motifs is 1. The van der Waals surface area contributed by atoms with E-state index in [1.54, 1.807) is 11.3 Å². The van der Waals surface area contributed by atoms with Crippen LogP contribution in [0.3, 0.4) is 0 Å². The first-order valence-electron chi connectivity index (χ1n) is 10.1. The van der Waals surface area contributed by atoms with E-state index in [1.165, 1.54) is 4.70 Å². The molecule has 6 nitrogen and oxygen atoms in total. The largest absolute Gasteiger partial charge is 0.353 e. The summed E-state index contributed by atoms with van der Waals surface area (Å²) < 4.78 is 3.11. The molecule has 1 saturated heterocycles. The minimum atomic E-state index is -0.372. The summed E-state index contributed by atoms with van der Waals surface area (Å²) >= 11 is 1.69. The molecule has 5 rings (SSSR count). The molecule has 0 aliphatic carbocycles. The van der Waals surface area contributed by atoms with Gasteiger partial charge >= 0.3 is 0 Å². The number of rotatable bonds is 4. The minimum Gasteiger partial charge on any atom is -0.353 e. The van der Waals surface area contributed by atoms with Gasteiger partial charge in [0.05, 0.1) is 28.1 Å². The maximum absolute atomic E-state index is 13.0. The van der Waals surface area contributed by atoms with Crippen molar-refractivity contribution >= 4 is 27.5 Å². The minimum absolute atomic E-state index is 0.0289. The molecule has 2 aromatic heterocycles. The molecule has 1 N–H and O–H groups in total. The van der Waals surface area contributed by atoms with E-state index in [-0.39, 0.29) is 11.9 Å². The highest BCUT2D eigenvalue weighted by atomic mass is 32.1. The second-order valence-corrected chi connectivity index (χ2v) is 8.69. The van der Waals surface area contributed by atoms with E-state index in [9.17, 15) is 4.79 Å². The third-order valence-corrected chi connectivity index (χ3v) is 6.63. The Bertz CT molecular complexity index is 1180. The van der Waals surface area contributed by atoms with Gasteiger partial charge in [0, 0.05) is 24.3 Å². The maximum atomic E-state index is 13.0. The zero-order chi connectivity index (χ0) is 20.7. The first kappa shape index (κ1) is 19.0. The van der Waals surface area contributed by atoms with Gasteiger partial charge < -0.3 is 5.32 Å². The second kappa shape index (κ2) is 7.66. The number of aromatic nitrogens is 3. The summed E-state index contributed by atoms with van der Waals surface area (Å²) in [6.07, 6.45) is 0. The van der Waals surface area contributed by atoms with Crippen LogP contribution in [0.25, 0.3) is 15.9 Å². The first-order valence-corrected chi connectivity index (χ1v) is 10.9. The highest BCUT2D eigenvalue weighted by Crippen LogP contribution is 2.32. The Morgan fingerprint density at radius 3 is 2.67 bits per heavy atom. The zero-order valence-electron chi connectivity index (χ0n) is 17.0. The number of hydrogen-bond donors (Lipinski definition) is 1. The van der Waals surface area contributed by atoms with Gasteiger partial charge in [-0.05, 0) is 38.1 Å². The number of hydrogen-bond acceptors (Lipinski definition) is 5. The quantitative estimate of drug-likeness (QED) is 0.549. The molecular weight excluding hydrogens is 394 g/mol. The van der Waals surface area contributed by atoms with Crippen molar-refractivity contribution in [3.8, 4) is 5.69 Å². The predicted octanol–water partition coefficient (Wildman–Crippen LogP) is 3.77. The lowest BCUT2D eigenvalue weighted by atomic mass is 10.0. The van der Waals surface area contributed by atoms with Crippen molar-refractivity contribution in [2.75, 3.05) is 13.1 Å². The van der Waals surface area contributed by atoms with Crippen molar-refractivity contribution in [1.82, 2.24) is 25.0 Å². The normalized spacial score (nSPS) is 17.4. The van der Waals surface area contributed by atoms with Gasteiger partial charge in [-0.1, -0.05) is 30.3 Å². The molecule has 0 saturated carbocycles. The molecule has 1 amide bonds. The van der Waals surface area contributed by atoms with E-state index in [4.69, 9.17) is 10.1 Å². The Labute approximate surface area is 179 Å². The number of piperazine rings is 1. The molecule has 0 radical (unpaired) electrons. The topological polar surface area (TPSA) is 63.1 Å². The van der Waals surface area contributed by atoms with Crippen LogP contribution in [0.1, 0.15) is 28.0 Å². The average molecular weight is 418 g/mol. The summed E-state index contributed by atoms with van der Waals surface area (Å²) in [5, 5.41) is 8.83. The van der Waals surface area contributed by atoms with Gasteiger partial charge in [-0.25, -0.2) is 9.67 Å². The molecule has 7 heteroatoms. The van der Waals surface area contributed by atoms with Crippen LogP contribution in [-0.2, 0) is 11.3 Å². The number of thiazole rings is 1. The van der Waals surface area contributed by atoms with E-state index < -0.39 is 0 Å². The lowest BCUT2D eigenvalue weighted by Crippen LogP contribution is -2.49. The summed E-state index contributed by atoms with van der Waals surface area (Å²) in [5.74, 6) is 0.0289. The highest BCUT2D eigenvalue weighted by molar-refractivity contribution is 7.18. The summed E-state index contributed by atoms with van der Waals surface area (Å²) in [6, 6.07) is 17.8. The lowest BCUT2D eigenvalue weighted by Gasteiger charge is -2.34. The van der Waals surface area contributed by atoms with E-state index in [2.05, 4.69) is 16.3 Å². The van der Waals surface area contributed by atoms with Crippen LogP contribution in [0.2, 0.25) is 0 Å². The summed E-state index contributed by atoms with van der Waals surface area (Å²) in [7, 11) is 0. The number of para-hydroxylation sites is 2. The number of carbonyl (C=O) groups is 1. The molecule has 1 fully saturated rings. The summed E-state index contributed by atoms with van der Waals surface area (Å²) in [6.45, 7) is 6.10. The van der Waals surface area contributed by atoms with E-state index in [1.807, 2.05) is 67.1 Å². The van der Waals surface area contributed by atoms with Crippen molar-refractivity contribution in [2.45, 2.75) is 26.4 Å². The van der Waals surface area contributed by atoms with Crippen LogP contribution in [0.5, 0.6) is 0 Å². The van der Waals surface area contributed by atoms with Crippen molar-refractivity contribution in [2.24, 2.45) is 0 Å². The number of aryl methyl sites for hydroxylation is 1. The van der Waals surface area contributed by atoms with Crippen molar-refractivity contribution in [3.63, 3.8) is 0 Å². The van der Waals surface area contributed by atoms with Crippen molar-refractivity contribution < 1.29 is 4.79 Å². The molecule has 0 spiro atoms. The third kappa shape index (κ3) is 3.30. The van der Waals surface area contributed by atoms with Crippen LogP contribution in [0.4, 0.5) is 0 Å². The lowest BCUT2D eigenvalue weighted by molar-refractivity contribution is -0.129. The van der Waals surface area contributed by atoms with Gasteiger partial charge in [-0.15, -0.1) is 11.3 Å². The van der Waals surface area contributed by atoms with Gasteiger partial charge in [0.2, 0.25) is 5.91 Å². The molecule has 152 valence electrons. The number of nitrogens with one attached hydrogen (secondary N) is 1. The van der Waals surface area contributed by atoms with Crippen LogP contribution in [0, 0.1) is 13.8 Å². The number of nitrogens with zero attached hydrogens (tertiary/aromatic N) is 4. The average Bonchev–Trinajstić information content (AvgIpc) is 3.29. The molecule has 30 heavy (non-hydrogen) atoms. The Kier molecular flexibility index (Phi) is 4.84. The number of benzene rings is 2. The van der Waals surface area contributed by atoms with Gasteiger partial charge in [0.1, 0.15) is 11.0 Å². The highest BCUT2D eigenvalue weighted by Gasteiger charge is 2.35. The van der Waals surface area contributed by atoms with Crippen LogP contribution < -0.4 is 5.32 Å². The monoisotopic (exact) mass is 417 g/mol. The SMILES string of the molecule is Cc1nn(-c2ccccc2)c(C)c1C1C(=O)NCCN1Cc1nc2ccccc2s1. The summed E-state index contributed by atoms with van der Waals surface area (Å²) in [5.41, 5.74) is 4.87. The summed E-state index contributed by atoms with van der Waals surface area (Å²) in [4.78, 5) is 20.0. The Hall–Kier alpha value is -3.03. The predicted molar refractivity (Wildman–Crippen MR) is 119 cm³/mol. The van der Waals surface area contributed by atoms with Crippen LogP contribution in [0.15, 0.2) is 54.6 Å². The molecular formula is C23H23N5OS. The fraction of sp³-hybridized carbons (Fsp3) is 0.261. The van der Waals surface area contributed by atoms with E-state index in [0.717, 1.165) is 39.7 Å². The first-order chi connectivity index (χ1) is 14.6. The number of amides is 1. The van der Waals surface area contributed by atoms with Crippen molar-refractivity contribution in [3.05, 3.63) is 76.6 Å². The maximum Gasteiger partial charge on any atom is 0.242 e. The zero-order valence-corrected chi connectivity index (χ0v) is 17.8. The van der Waals surface area contributed by atoms with E-state index in [0.29, 0.717) is 13.1 Å². The number of carbonyl (C=O) groups excluding carboxylic acids is 1. The van der Waals surface area contributed by atoms with Crippen molar-refractivity contribution in [1.29, 1.82) is 0 Å². The fourth-order valence-electron chi connectivity index (χ4n) is 4.23. The molecule has 1 aliphatic rings.